The molecule has 0 rings (SSSR count). The minimum Gasteiger partial charge on any atom is -0.462 e. The van der Waals surface area contributed by atoms with E-state index in [0.717, 1.165) is 83.5 Å². The highest BCUT2D eigenvalue weighted by Crippen LogP contribution is 2.18. The Labute approximate surface area is 392 Å². The van der Waals surface area contributed by atoms with Crippen LogP contribution >= 0.6 is 0 Å². The number of unbranched alkanes of at least 4 members (excludes halogenated alkanes) is 32. The molecule has 0 aromatic heterocycles. The molecule has 370 valence electrons. The van der Waals surface area contributed by atoms with E-state index >= 15 is 0 Å². The van der Waals surface area contributed by atoms with Gasteiger partial charge in [-0.05, 0) is 57.8 Å². The van der Waals surface area contributed by atoms with Crippen molar-refractivity contribution in [1.82, 2.24) is 5.32 Å². The summed E-state index contributed by atoms with van der Waals surface area (Å²) >= 11 is 0. The summed E-state index contributed by atoms with van der Waals surface area (Å²) in [7, 11) is 0. The standard InChI is InChI=1S/C57H107NO5/c1-4-7-10-13-16-19-22-25-28-29-31-34-37-40-43-46-49-55(60)54(52-59)58-56(61)51-53(48-45-42-39-36-33-30-26-23-20-17-14-11-8-5-2)63-57(62)50-47-44-41-38-35-32-27-24-21-18-15-12-9-6-3/h8,11,17,20,26,30,53-55,59-60H,4-7,9-10,12-16,18-19,21-25,27-29,31-52H2,1-3H3,(H,58,61)/b11-8+,20-17+,30-26+. The highest BCUT2D eigenvalue weighted by atomic mass is 16.5. The molecule has 0 aliphatic heterocycles. The van der Waals surface area contributed by atoms with Gasteiger partial charge in [0.2, 0.25) is 5.91 Å². The molecule has 3 atom stereocenters. The molecule has 0 bridgehead atoms. The number of allylic oxidation sites excluding steroid dienone is 6. The minimum atomic E-state index is -0.792. The molecule has 0 fully saturated rings. The van der Waals surface area contributed by atoms with Crippen LogP contribution in [0.3, 0.4) is 0 Å². The quantitative estimate of drug-likeness (QED) is 0.0321. The van der Waals surface area contributed by atoms with Crippen molar-refractivity contribution in [2.75, 3.05) is 6.61 Å². The van der Waals surface area contributed by atoms with E-state index in [1.54, 1.807) is 0 Å². The Morgan fingerprint density at radius 2 is 0.857 bits per heavy atom. The van der Waals surface area contributed by atoms with Crippen molar-refractivity contribution in [2.24, 2.45) is 0 Å². The zero-order valence-corrected chi connectivity index (χ0v) is 42.2. The van der Waals surface area contributed by atoms with E-state index in [1.807, 2.05) is 0 Å². The lowest BCUT2D eigenvalue weighted by Gasteiger charge is -2.24. The molecule has 6 nitrogen and oxygen atoms in total. The summed E-state index contributed by atoms with van der Waals surface area (Å²) in [5.41, 5.74) is 0. The second-order valence-corrected chi connectivity index (χ2v) is 19.0. The predicted molar refractivity (Wildman–Crippen MR) is 273 cm³/mol. The van der Waals surface area contributed by atoms with Crippen LogP contribution in [0.25, 0.3) is 0 Å². The number of aliphatic hydroxyl groups excluding tert-OH is 2. The summed E-state index contributed by atoms with van der Waals surface area (Å²) < 4.78 is 5.94. The first-order valence-electron chi connectivity index (χ1n) is 27.7. The van der Waals surface area contributed by atoms with Gasteiger partial charge in [-0.3, -0.25) is 9.59 Å². The molecular weight excluding hydrogens is 779 g/mol. The van der Waals surface area contributed by atoms with Gasteiger partial charge in [0.15, 0.2) is 0 Å². The van der Waals surface area contributed by atoms with Crippen LogP contribution in [0.4, 0.5) is 0 Å². The summed E-state index contributed by atoms with van der Waals surface area (Å²) in [4.78, 5) is 26.2. The SMILES string of the molecule is CC/C=C/C/C=C/C/C=C/CCCCCCC(CC(=O)NC(CO)C(O)CCCCCCCCCCCCCCCCCC)OC(=O)CCCCCCCCCCCCCCCC. The van der Waals surface area contributed by atoms with Gasteiger partial charge in [-0.1, -0.05) is 256 Å². The third kappa shape index (κ3) is 46.4. The van der Waals surface area contributed by atoms with Crippen LogP contribution in [0, 0.1) is 0 Å². The number of nitrogens with one attached hydrogen (secondary N) is 1. The predicted octanol–water partition coefficient (Wildman–Crippen LogP) is 16.8. The first-order chi connectivity index (χ1) is 31.0. The van der Waals surface area contributed by atoms with Crippen molar-refractivity contribution >= 4 is 11.9 Å². The molecule has 0 aromatic carbocycles. The normalized spacial score (nSPS) is 13.4. The number of amides is 1. The molecular formula is C57H107NO5. The van der Waals surface area contributed by atoms with Crippen LogP contribution in [0.1, 0.15) is 290 Å². The summed E-state index contributed by atoms with van der Waals surface area (Å²) in [5, 5.41) is 23.9. The first kappa shape index (κ1) is 61.1. The fourth-order valence-electron chi connectivity index (χ4n) is 8.56. The number of carbonyl (C=O) groups is 2. The number of ether oxygens (including phenoxy) is 1. The number of hydrogen-bond donors (Lipinski definition) is 3. The van der Waals surface area contributed by atoms with Gasteiger partial charge in [-0.2, -0.15) is 0 Å². The van der Waals surface area contributed by atoms with E-state index in [0.29, 0.717) is 19.3 Å². The van der Waals surface area contributed by atoms with E-state index in [9.17, 15) is 19.8 Å². The first-order valence-corrected chi connectivity index (χ1v) is 27.7. The van der Waals surface area contributed by atoms with Gasteiger partial charge in [0, 0.05) is 6.42 Å². The second kappa shape index (κ2) is 51.1. The van der Waals surface area contributed by atoms with Gasteiger partial charge in [-0.15, -0.1) is 0 Å². The lowest BCUT2D eigenvalue weighted by molar-refractivity contribution is -0.151. The number of carbonyl (C=O) groups excluding carboxylic acids is 2. The lowest BCUT2D eigenvalue weighted by atomic mass is 10.0. The molecule has 0 heterocycles. The molecule has 0 aromatic rings. The monoisotopic (exact) mass is 886 g/mol. The number of rotatable bonds is 50. The Kier molecular flexibility index (Phi) is 49.5. The average molecular weight is 886 g/mol. The van der Waals surface area contributed by atoms with E-state index < -0.39 is 18.2 Å². The largest absolute Gasteiger partial charge is 0.462 e. The molecule has 0 aliphatic carbocycles. The Bertz CT molecular complexity index is 1040. The van der Waals surface area contributed by atoms with Crippen molar-refractivity contribution in [3.63, 3.8) is 0 Å². The van der Waals surface area contributed by atoms with Gasteiger partial charge in [-0.25, -0.2) is 0 Å². The van der Waals surface area contributed by atoms with Crippen molar-refractivity contribution in [2.45, 2.75) is 309 Å². The molecule has 0 saturated carbocycles. The van der Waals surface area contributed by atoms with Crippen LogP contribution in [0.2, 0.25) is 0 Å². The van der Waals surface area contributed by atoms with Crippen LogP contribution < -0.4 is 5.32 Å². The fraction of sp³-hybridized carbons (Fsp3) is 0.860. The highest BCUT2D eigenvalue weighted by Gasteiger charge is 2.24. The molecule has 63 heavy (non-hydrogen) atoms. The maximum Gasteiger partial charge on any atom is 0.306 e. The fourth-order valence-corrected chi connectivity index (χ4v) is 8.56. The van der Waals surface area contributed by atoms with Gasteiger partial charge in [0.05, 0.1) is 25.2 Å². The molecule has 3 unspecified atom stereocenters. The maximum atomic E-state index is 13.2. The summed E-state index contributed by atoms with van der Waals surface area (Å²) in [6, 6.07) is -0.706. The van der Waals surface area contributed by atoms with Crippen LogP contribution in [0.15, 0.2) is 36.5 Å². The Morgan fingerprint density at radius 1 is 0.476 bits per heavy atom. The summed E-state index contributed by atoms with van der Waals surface area (Å²) in [6.45, 7) is 6.39. The average Bonchev–Trinajstić information content (AvgIpc) is 3.28. The van der Waals surface area contributed by atoms with Gasteiger partial charge in [0.25, 0.3) is 0 Å². The van der Waals surface area contributed by atoms with Crippen molar-refractivity contribution in [1.29, 1.82) is 0 Å². The number of esters is 1. The minimum absolute atomic E-state index is 0.0667. The highest BCUT2D eigenvalue weighted by molar-refractivity contribution is 5.77. The van der Waals surface area contributed by atoms with Gasteiger partial charge >= 0.3 is 5.97 Å². The maximum absolute atomic E-state index is 13.2. The van der Waals surface area contributed by atoms with Gasteiger partial charge < -0.3 is 20.3 Å². The third-order valence-electron chi connectivity index (χ3n) is 12.7. The van der Waals surface area contributed by atoms with Gasteiger partial charge in [0.1, 0.15) is 6.10 Å². The van der Waals surface area contributed by atoms with Crippen molar-refractivity contribution < 1.29 is 24.5 Å². The second-order valence-electron chi connectivity index (χ2n) is 19.0. The number of aliphatic hydroxyl groups is 2. The Hall–Kier alpha value is -1.92. The van der Waals surface area contributed by atoms with E-state index in [2.05, 4.69) is 62.5 Å². The zero-order chi connectivity index (χ0) is 45.9. The molecule has 1 amide bonds. The van der Waals surface area contributed by atoms with Crippen LogP contribution in [-0.4, -0.2) is 46.9 Å². The van der Waals surface area contributed by atoms with Crippen LogP contribution in [0.5, 0.6) is 0 Å². The van der Waals surface area contributed by atoms with E-state index in [1.165, 1.54) is 161 Å². The molecule has 0 aliphatic rings. The smallest absolute Gasteiger partial charge is 0.306 e. The van der Waals surface area contributed by atoms with Crippen LogP contribution in [-0.2, 0) is 14.3 Å². The third-order valence-corrected chi connectivity index (χ3v) is 12.7. The summed E-state index contributed by atoms with van der Waals surface area (Å²) in [5.74, 6) is -0.482. The van der Waals surface area contributed by atoms with Crippen molar-refractivity contribution in [3.05, 3.63) is 36.5 Å². The van der Waals surface area contributed by atoms with E-state index in [4.69, 9.17) is 4.74 Å². The zero-order valence-electron chi connectivity index (χ0n) is 42.2. The molecule has 3 N–H and O–H groups in total. The Morgan fingerprint density at radius 3 is 1.30 bits per heavy atom. The molecule has 0 radical (unpaired) electrons. The van der Waals surface area contributed by atoms with E-state index in [-0.39, 0.29) is 24.9 Å². The molecule has 0 spiro atoms. The topological polar surface area (TPSA) is 95.9 Å². The van der Waals surface area contributed by atoms with Crippen molar-refractivity contribution in [3.8, 4) is 0 Å². The number of hydrogen-bond acceptors (Lipinski definition) is 5. The molecule has 6 heteroatoms. The Balaban J connectivity index is 4.54. The molecule has 0 saturated heterocycles. The summed E-state index contributed by atoms with van der Waals surface area (Å²) in [6.07, 6.45) is 60.6. The lowest BCUT2D eigenvalue weighted by Crippen LogP contribution is -2.46.